The van der Waals surface area contributed by atoms with Crippen LogP contribution in [0.25, 0.3) is 0 Å². The summed E-state index contributed by atoms with van der Waals surface area (Å²) < 4.78 is 31.4. The number of Topliss-reactive ketones (excluding diaryl/α,β-unsaturated/α-hetero) is 1. The second kappa shape index (κ2) is 6.16. The number of halogens is 2. The van der Waals surface area contributed by atoms with Gasteiger partial charge in [-0.25, -0.2) is 13.6 Å². The maximum absolute atomic E-state index is 13.2. The van der Waals surface area contributed by atoms with E-state index in [-0.39, 0.29) is 18.6 Å². The van der Waals surface area contributed by atoms with Gasteiger partial charge >= 0.3 is 6.09 Å². The highest BCUT2D eigenvalue weighted by Crippen LogP contribution is 2.25. The molecule has 0 fully saturated rings. The highest BCUT2D eigenvalue weighted by molar-refractivity contribution is 6.05. The number of carbonyl (C=O) groups excluding carboxylic acids is 2. The highest BCUT2D eigenvalue weighted by atomic mass is 19.2. The fraction of sp³-hybridized carbons (Fsp3) is 0.176. The number of hydrogen-bond donors (Lipinski definition) is 1. The normalized spacial score (nSPS) is 16.1. The molecule has 0 saturated carbocycles. The van der Waals surface area contributed by atoms with Crippen molar-refractivity contribution in [1.29, 1.82) is 0 Å². The Labute approximate surface area is 131 Å². The lowest BCUT2D eigenvalue weighted by Crippen LogP contribution is -2.39. The molecule has 4 nitrogen and oxygen atoms in total. The summed E-state index contributed by atoms with van der Waals surface area (Å²) in [6.07, 6.45) is -0.632. The van der Waals surface area contributed by atoms with Crippen molar-refractivity contribution in [3.63, 3.8) is 0 Å². The average molecular weight is 317 g/mol. The third kappa shape index (κ3) is 3.21. The molecule has 1 atom stereocenters. The summed E-state index contributed by atoms with van der Waals surface area (Å²) in [7, 11) is 0. The summed E-state index contributed by atoms with van der Waals surface area (Å²) in [5, 5.41) is 2.43. The predicted octanol–water partition coefficient (Wildman–Crippen LogP) is 3.00. The van der Waals surface area contributed by atoms with Gasteiger partial charge in [0, 0.05) is 12.0 Å². The number of ketones is 1. The molecule has 0 aliphatic heterocycles. The van der Waals surface area contributed by atoms with Gasteiger partial charge in [-0.15, -0.1) is 0 Å². The number of alkyl carbamates (subject to hydrolysis) is 1. The molecule has 23 heavy (non-hydrogen) atoms. The van der Waals surface area contributed by atoms with Gasteiger partial charge in [-0.3, -0.25) is 4.79 Å². The van der Waals surface area contributed by atoms with Crippen molar-refractivity contribution in [3.8, 4) is 0 Å². The second-order valence-electron chi connectivity index (χ2n) is 5.25. The Hall–Kier alpha value is -2.76. The van der Waals surface area contributed by atoms with Crippen LogP contribution in [0.4, 0.5) is 13.6 Å². The number of carbonyl (C=O) groups is 2. The molecule has 3 rings (SSSR count). The van der Waals surface area contributed by atoms with Crippen LogP contribution < -0.4 is 5.32 Å². The first-order valence-corrected chi connectivity index (χ1v) is 7.04. The van der Waals surface area contributed by atoms with Crippen LogP contribution in [0.2, 0.25) is 0 Å². The van der Waals surface area contributed by atoms with E-state index >= 15 is 0 Å². The van der Waals surface area contributed by atoms with E-state index in [0.29, 0.717) is 5.56 Å². The minimum absolute atomic E-state index is 0.0732. The van der Waals surface area contributed by atoms with Crippen LogP contribution in [-0.2, 0) is 17.8 Å². The lowest BCUT2D eigenvalue weighted by atomic mass is 10.1. The number of amides is 1. The van der Waals surface area contributed by atoms with Crippen LogP contribution in [-0.4, -0.2) is 17.9 Å². The summed E-state index contributed by atoms with van der Waals surface area (Å²) in [4.78, 5) is 23.9. The van der Waals surface area contributed by atoms with Crippen LogP contribution >= 0.6 is 0 Å². The Morgan fingerprint density at radius 2 is 1.87 bits per heavy atom. The summed E-state index contributed by atoms with van der Waals surface area (Å²) in [5.74, 6) is -2.54. The van der Waals surface area contributed by atoms with Gasteiger partial charge in [-0.1, -0.05) is 30.3 Å². The third-order valence-electron chi connectivity index (χ3n) is 3.66. The van der Waals surface area contributed by atoms with Gasteiger partial charge in [0.1, 0.15) is 6.61 Å². The molecule has 0 radical (unpaired) electrons. The fourth-order valence-electron chi connectivity index (χ4n) is 2.51. The van der Waals surface area contributed by atoms with Crippen molar-refractivity contribution in [2.45, 2.75) is 19.1 Å². The van der Waals surface area contributed by atoms with E-state index in [0.717, 1.165) is 17.7 Å². The van der Waals surface area contributed by atoms with E-state index in [1.54, 1.807) is 12.1 Å². The van der Waals surface area contributed by atoms with Crippen molar-refractivity contribution < 1.29 is 23.1 Å². The topological polar surface area (TPSA) is 55.4 Å². The largest absolute Gasteiger partial charge is 0.445 e. The number of ether oxygens (including phenoxy) is 1. The predicted molar refractivity (Wildman–Crippen MR) is 77.9 cm³/mol. The maximum Gasteiger partial charge on any atom is 0.408 e. The Morgan fingerprint density at radius 1 is 1.17 bits per heavy atom. The zero-order chi connectivity index (χ0) is 16.4. The lowest BCUT2D eigenvalue weighted by molar-refractivity contribution is 0.0932. The van der Waals surface area contributed by atoms with Crippen molar-refractivity contribution >= 4 is 11.9 Å². The zero-order valence-electron chi connectivity index (χ0n) is 12.0. The molecule has 0 bridgehead atoms. The fourth-order valence-corrected chi connectivity index (χ4v) is 2.51. The van der Waals surface area contributed by atoms with Crippen molar-refractivity contribution in [2.75, 3.05) is 0 Å². The molecule has 6 heteroatoms. The van der Waals surface area contributed by atoms with Gasteiger partial charge in [0.2, 0.25) is 0 Å². The smallest absolute Gasteiger partial charge is 0.408 e. The molecule has 0 spiro atoms. The minimum Gasteiger partial charge on any atom is -0.445 e. The van der Waals surface area contributed by atoms with Gasteiger partial charge in [-0.2, -0.15) is 0 Å². The van der Waals surface area contributed by atoms with E-state index in [9.17, 15) is 18.4 Å². The molecule has 118 valence electrons. The SMILES string of the molecule is O=C(NC1Cc2cc(F)c(F)cc2C1=O)OCc1ccccc1. The van der Waals surface area contributed by atoms with E-state index < -0.39 is 29.6 Å². The van der Waals surface area contributed by atoms with Gasteiger partial charge in [0.15, 0.2) is 17.4 Å². The Kier molecular flexibility index (Phi) is 4.06. The molecule has 1 amide bonds. The number of nitrogens with one attached hydrogen (secondary N) is 1. The molecular weight excluding hydrogens is 304 g/mol. The molecule has 2 aromatic carbocycles. The average Bonchev–Trinajstić information content (AvgIpc) is 2.83. The first-order chi connectivity index (χ1) is 11.0. The van der Waals surface area contributed by atoms with Crippen LogP contribution in [0.3, 0.4) is 0 Å². The number of fused-ring (bicyclic) bond motifs is 1. The summed E-state index contributed by atoms with van der Waals surface area (Å²) in [5.41, 5.74) is 1.28. The number of hydrogen-bond acceptors (Lipinski definition) is 3. The Bertz CT molecular complexity index is 762. The molecule has 2 aromatic rings. The lowest BCUT2D eigenvalue weighted by Gasteiger charge is -2.11. The second-order valence-corrected chi connectivity index (χ2v) is 5.25. The minimum atomic E-state index is -1.08. The van der Waals surface area contributed by atoms with Gasteiger partial charge in [0.25, 0.3) is 0 Å². The van der Waals surface area contributed by atoms with Crippen LogP contribution in [0.1, 0.15) is 21.5 Å². The molecule has 0 aromatic heterocycles. The molecule has 1 aliphatic carbocycles. The highest BCUT2D eigenvalue weighted by Gasteiger charge is 2.33. The first-order valence-electron chi connectivity index (χ1n) is 7.04. The third-order valence-corrected chi connectivity index (χ3v) is 3.66. The molecule has 1 unspecified atom stereocenters. The van der Waals surface area contributed by atoms with E-state index in [4.69, 9.17) is 4.74 Å². The quantitative estimate of drug-likeness (QED) is 0.947. The standard InChI is InChI=1S/C17H13F2NO3/c18-13-6-11-7-15(16(21)12(11)8-14(13)19)20-17(22)23-9-10-4-2-1-3-5-10/h1-6,8,15H,7,9H2,(H,20,22). The van der Waals surface area contributed by atoms with E-state index in [1.807, 2.05) is 18.2 Å². The summed E-state index contributed by atoms with van der Waals surface area (Å²) >= 11 is 0. The van der Waals surface area contributed by atoms with Crippen LogP contribution in [0.5, 0.6) is 0 Å². The molecular formula is C17H13F2NO3. The van der Waals surface area contributed by atoms with E-state index in [2.05, 4.69) is 5.32 Å². The number of rotatable bonds is 3. The van der Waals surface area contributed by atoms with Gasteiger partial charge < -0.3 is 10.1 Å². The molecule has 1 N–H and O–H groups in total. The zero-order valence-corrected chi connectivity index (χ0v) is 12.0. The van der Waals surface area contributed by atoms with Crippen LogP contribution in [0, 0.1) is 11.6 Å². The van der Waals surface area contributed by atoms with Gasteiger partial charge in [-0.05, 0) is 23.3 Å². The Balaban J connectivity index is 1.61. The number of benzene rings is 2. The van der Waals surface area contributed by atoms with Crippen molar-refractivity contribution in [3.05, 3.63) is 70.8 Å². The van der Waals surface area contributed by atoms with Gasteiger partial charge in [0.05, 0.1) is 6.04 Å². The van der Waals surface area contributed by atoms with Crippen molar-refractivity contribution in [1.82, 2.24) is 5.32 Å². The Morgan fingerprint density at radius 3 is 2.61 bits per heavy atom. The van der Waals surface area contributed by atoms with Crippen LogP contribution in [0.15, 0.2) is 42.5 Å². The first kappa shape index (κ1) is 15.1. The molecule has 0 saturated heterocycles. The van der Waals surface area contributed by atoms with Crippen molar-refractivity contribution in [2.24, 2.45) is 0 Å². The van der Waals surface area contributed by atoms with E-state index in [1.165, 1.54) is 0 Å². The summed E-state index contributed by atoms with van der Waals surface area (Å²) in [6.45, 7) is 0.0732. The maximum atomic E-state index is 13.2. The summed E-state index contributed by atoms with van der Waals surface area (Å²) in [6, 6.07) is 10.1. The monoisotopic (exact) mass is 317 g/mol. The molecule has 1 aliphatic rings. The molecule has 0 heterocycles.